The van der Waals surface area contributed by atoms with Gasteiger partial charge in [-0.25, -0.2) is 9.18 Å². The van der Waals surface area contributed by atoms with Crippen molar-refractivity contribution in [1.82, 2.24) is 0 Å². The molecule has 0 atom stereocenters. The van der Waals surface area contributed by atoms with Crippen LogP contribution in [0.25, 0.3) is 0 Å². The summed E-state index contributed by atoms with van der Waals surface area (Å²) in [6.07, 6.45) is 0. The van der Waals surface area contributed by atoms with Gasteiger partial charge in [0, 0.05) is 0 Å². The Balaban J connectivity index is 2.03. The molecule has 0 unspecified atom stereocenters. The smallest absolute Gasteiger partial charge is 0.338 e. The monoisotopic (exact) mass is 275 g/mol. The number of nitrogens with two attached hydrogens (primary N) is 1. The van der Waals surface area contributed by atoms with Crippen molar-refractivity contribution in [2.24, 2.45) is 0 Å². The Morgan fingerprint density at radius 2 is 1.90 bits per heavy atom. The molecule has 0 saturated carbocycles. The van der Waals surface area contributed by atoms with Crippen LogP contribution in [0.4, 0.5) is 10.1 Å². The van der Waals surface area contributed by atoms with Gasteiger partial charge < -0.3 is 15.2 Å². The first-order chi connectivity index (χ1) is 9.60. The minimum atomic E-state index is -0.493. The number of methoxy groups -OCH3 is 1. The summed E-state index contributed by atoms with van der Waals surface area (Å²) in [5.74, 6) is -0.405. The van der Waals surface area contributed by atoms with Crippen LogP contribution in [0.3, 0.4) is 0 Å². The summed E-state index contributed by atoms with van der Waals surface area (Å²) < 4.78 is 22.9. The molecule has 2 rings (SSSR count). The van der Waals surface area contributed by atoms with Gasteiger partial charge in [-0.15, -0.1) is 0 Å². The second-order valence-electron chi connectivity index (χ2n) is 4.16. The van der Waals surface area contributed by atoms with E-state index < -0.39 is 5.97 Å². The van der Waals surface area contributed by atoms with Crippen LogP contribution < -0.4 is 10.5 Å². The van der Waals surface area contributed by atoms with Crippen LogP contribution in [-0.4, -0.2) is 13.1 Å². The minimum absolute atomic E-state index is 0.0752. The van der Waals surface area contributed by atoms with Crippen molar-refractivity contribution in [3.63, 3.8) is 0 Å². The number of anilines is 1. The number of hydrogen-bond donors (Lipinski definition) is 1. The van der Waals surface area contributed by atoms with E-state index in [1.54, 1.807) is 24.3 Å². The molecular formula is C15H14FNO3. The van der Waals surface area contributed by atoms with Crippen molar-refractivity contribution in [1.29, 1.82) is 0 Å². The van der Waals surface area contributed by atoms with E-state index in [1.165, 1.54) is 25.3 Å². The van der Waals surface area contributed by atoms with Gasteiger partial charge >= 0.3 is 5.97 Å². The molecule has 20 heavy (non-hydrogen) atoms. The third-order valence-electron chi connectivity index (χ3n) is 2.75. The van der Waals surface area contributed by atoms with Crippen LogP contribution in [0, 0.1) is 5.82 Å². The van der Waals surface area contributed by atoms with E-state index in [-0.39, 0.29) is 12.4 Å². The molecule has 4 nitrogen and oxygen atoms in total. The van der Waals surface area contributed by atoms with Gasteiger partial charge in [-0.2, -0.15) is 0 Å². The second kappa shape index (κ2) is 6.06. The van der Waals surface area contributed by atoms with Crippen LogP contribution in [-0.2, 0) is 11.3 Å². The Labute approximate surface area is 115 Å². The number of esters is 1. The Kier molecular flexibility index (Phi) is 4.20. The highest BCUT2D eigenvalue weighted by Crippen LogP contribution is 2.22. The average Bonchev–Trinajstić information content (AvgIpc) is 2.47. The van der Waals surface area contributed by atoms with Crippen LogP contribution in [0.1, 0.15) is 15.9 Å². The summed E-state index contributed by atoms with van der Waals surface area (Å²) in [5.41, 5.74) is 7.17. The highest BCUT2D eigenvalue weighted by Gasteiger charge is 2.10. The number of nitrogen functional groups attached to an aromatic ring is 1. The number of ether oxygens (including phenoxy) is 2. The van der Waals surface area contributed by atoms with Crippen LogP contribution in [0.15, 0.2) is 42.5 Å². The molecule has 2 aromatic carbocycles. The summed E-state index contributed by atoms with van der Waals surface area (Å²) in [4.78, 5) is 11.9. The van der Waals surface area contributed by atoms with Gasteiger partial charge in [0.25, 0.3) is 0 Å². The maximum absolute atomic E-state index is 12.7. The third kappa shape index (κ3) is 3.26. The van der Waals surface area contributed by atoms with Gasteiger partial charge in [0.1, 0.15) is 18.2 Å². The average molecular weight is 275 g/mol. The molecule has 0 aromatic heterocycles. The maximum atomic E-state index is 12.7. The van der Waals surface area contributed by atoms with Crippen molar-refractivity contribution < 1.29 is 18.7 Å². The highest BCUT2D eigenvalue weighted by molar-refractivity contribution is 5.90. The summed E-state index contributed by atoms with van der Waals surface area (Å²) in [6.45, 7) is 0.0752. The third-order valence-corrected chi connectivity index (χ3v) is 2.75. The molecule has 2 aromatic rings. The molecule has 0 bridgehead atoms. The zero-order valence-electron chi connectivity index (χ0n) is 10.9. The predicted octanol–water partition coefficient (Wildman–Crippen LogP) is 2.77. The zero-order valence-corrected chi connectivity index (χ0v) is 10.9. The Morgan fingerprint density at radius 1 is 1.20 bits per heavy atom. The van der Waals surface area contributed by atoms with Crippen molar-refractivity contribution >= 4 is 11.7 Å². The number of hydrogen-bond acceptors (Lipinski definition) is 4. The molecule has 5 heteroatoms. The SMILES string of the molecule is COc1cc(C(=O)OCc2ccc(F)cc2)ccc1N. The van der Waals surface area contributed by atoms with E-state index in [2.05, 4.69) is 0 Å². The summed E-state index contributed by atoms with van der Waals surface area (Å²) in [5, 5.41) is 0. The molecule has 0 amide bonds. The van der Waals surface area contributed by atoms with E-state index >= 15 is 0 Å². The predicted molar refractivity (Wildman–Crippen MR) is 72.9 cm³/mol. The normalized spacial score (nSPS) is 10.1. The maximum Gasteiger partial charge on any atom is 0.338 e. The van der Waals surface area contributed by atoms with Crippen LogP contribution >= 0.6 is 0 Å². The number of rotatable bonds is 4. The highest BCUT2D eigenvalue weighted by atomic mass is 19.1. The van der Waals surface area contributed by atoms with Crippen molar-refractivity contribution in [2.45, 2.75) is 6.61 Å². The fraction of sp³-hybridized carbons (Fsp3) is 0.133. The van der Waals surface area contributed by atoms with Crippen LogP contribution in [0.2, 0.25) is 0 Å². The molecule has 0 heterocycles. The van der Waals surface area contributed by atoms with E-state index in [4.69, 9.17) is 15.2 Å². The van der Waals surface area contributed by atoms with Gasteiger partial charge in [0.15, 0.2) is 0 Å². The summed E-state index contributed by atoms with van der Waals surface area (Å²) >= 11 is 0. The first-order valence-electron chi connectivity index (χ1n) is 5.95. The van der Waals surface area contributed by atoms with Gasteiger partial charge in [-0.3, -0.25) is 0 Å². The Morgan fingerprint density at radius 3 is 2.55 bits per heavy atom. The standard InChI is InChI=1S/C15H14FNO3/c1-19-14-8-11(4-7-13(14)17)15(18)20-9-10-2-5-12(16)6-3-10/h2-8H,9,17H2,1H3. The van der Waals surface area contributed by atoms with Crippen molar-refractivity contribution in [2.75, 3.05) is 12.8 Å². The molecule has 2 N–H and O–H groups in total. The van der Waals surface area contributed by atoms with E-state index in [1.807, 2.05) is 0 Å². The quantitative estimate of drug-likeness (QED) is 0.688. The van der Waals surface area contributed by atoms with Gasteiger partial charge in [0.2, 0.25) is 0 Å². The van der Waals surface area contributed by atoms with Crippen LogP contribution in [0.5, 0.6) is 5.75 Å². The number of carbonyl (C=O) groups is 1. The Hall–Kier alpha value is -2.56. The molecule has 0 spiro atoms. The molecule has 104 valence electrons. The van der Waals surface area contributed by atoms with E-state index in [9.17, 15) is 9.18 Å². The lowest BCUT2D eigenvalue weighted by Gasteiger charge is -2.08. The lowest BCUT2D eigenvalue weighted by molar-refractivity contribution is 0.0472. The molecular weight excluding hydrogens is 261 g/mol. The zero-order chi connectivity index (χ0) is 14.5. The summed E-state index contributed by atoms with van der Waals surface area (Å²) in [7, 11) is 1.47. The first-order valence-corrected chi connectivity index (χ1v) is 5.95. The minimum Gasteiger partial charge on any atom is -0.495 e. The number of benzene rings is 2. The Bertz CT molecular complexity index is 611. The fourth-order valence-electron chi connectivity index (χ4n) is 1.65. The lowest BCUT2D eigenvalue weighted by Crippen LogP contribution is -2.06. The van der Waals surface area contributed by atoms with E-state index in [0.29, 0.717) is 22.6 Å². The largest absolute Gasteiger partial charge is 0.495 e. The van der Waals surface area contributed by atoms with Crippen molar-refractivity contribution in [3.8, 4) is 5.75 Å². The van der Waals surface area contributed by atoms with E-state index in [0.717, 1.165) is 0 Å². The first kappa shape index (κ1) is 13.9. The van der Waals surface area contributed by atoms with Gasteiger partial charge in [-0.05, 0) is 35.9 Å². The number of halogens is 1. The molecule has 0 radical (unpaired) electrons. The number of carbonyl (C=O) groups excluding carboxylic acids is 1. The van der Waals surface area contributed by atoms with Crippen molar-refractivity contribution in [3.05, 3.63) is 59.4 Å². The lowest BCUT2D eigenvalue weighted by atomic mass is 10.2. The molecule has 0 aliphatic carbocycles. The summed E-state index contributed by atoms with van der Waals surface area (Å²) in [6, 6.07) is 10.4. The fourth-order valence-corrected chi connectivity index (χ4v) is 1.65. The van der Waals surface area contributed by atoms with Gasteiger partial charge in [-0.1, -0.05) is 12.1 Å². The second-order valence-corrected chi connectivity index (χ2v) is 4.16. The molecule has 0 aliphatic rings. The molecule has 0 aliphatic heterocycles. The molecule has 0 saturated heterocycles. The van der Waals surface area contributed by atoms with Gasteiger partial charge in [0.05, 0.1) is 18.4 Å². The topological polar surface area (TPSA) is 61.5 Å². The molecule has 0 fully saturated rings.